The molecule has 3 aliphatic rings. The van der Waals surface area contributed by atoms with E-state index in [1.165, 1.54) is 6.08 Å². The zero-order valence-electron chi connectivity index (χ0n) is 25.2. The molecule has 0 unspecified atom stereocenters. The summed E-state index contributed by atoms with van der Waals surface area (Å²) in [6.07, 6.45) is 6.90. The summed E-state index contributed by atoms with van der Waals surface area (Å²) in [6, 6.07) is 2.46. The zero-order chi connectivity index (χ0) is 30.3. The molecular weight excluding hydrogens is 589 g/mol. The molecule has 1 amide bonds. The van der Waals surface area contributed by atoms with Crippen molar-refractivity contribution in [3.05, 3.63) is 40.7 Å². The predicted octanol–water partition coefficient (Wildman–Crippen LogP) is 5.10. The molecule has 43 heavy (non-hydrogen) atoms. The summed E-state index contributed by atoms with van der Waals surface area (Å²) in [4.78, 5) is 19.2. The summed E-state index contributed by atoms with van der Waals surface area (Å²) < 4.78 is 13.7. The Hall–Kier alpha value is -2.63. The molecule has 0 saturated carbocycles. The largest absolute Gasteiger partial charge is 0.382 e. The molecule has 12 heteroatoms. The summed E-state index contributed by atoms with van der Waals surface area (Å²) in [7, 11) is 1.77. The SMILES string of the molecule is C=CC(=O)N1CCC(n2nc(N3CCN(C4CCOCC4)C[C@]3(C)COC)c(-c3c(Cl)c(Cl)cc4[nH]ncc34)c2C)CC1. The lowest BCUT2D eigenvalue weighted by molar-refractivity contribution is -0.127. The molecule has 3 aromatic rings. The molecule has 232 valence electrons. The van der Waals surface area contributed by atoms with Crippen molar-refractivity contribution in [2.75, 3.05) is 64.6 Å². The minimum atomic E-state index is -0.341. The first kappa shape index (κ1) is 30.4. The maximum absolute atomic E-state index is 12.3. The van der Waals surface area contributed by atoms with Crippen molar-refractivity contribution in [1.29, 1.82) is 0 Å². The number of hydrogen-bond donors (Lipinski definition) is 1. The number of aromatic amines is 1. The number of piperidine rings is 1. The number of fused-ring (bicyclic) bond motifs is 1. The Morgan fingerprint density at radius 2 is 1.91 bits per heavy atom. The Morgan fingerprint density at radius 1 is 1.16 bits per heavy atom. The maximum atomic E-state index is 12.3. The van der Waals surface area contributed by atoms with E-state index in [2.05, 4.69) is 45.1 Å². The number of nitrogens with zero attached hydrogens (tertiary/aromatic N) is 6. The second-order valence-electron chi connectivity index (χ2n) is 12.3. The van der Waals surface area contributed by atoms with Crippen LogP contribution in [-0.2, 0) is 14.3 Å². The Morgan fingerprint density at radius 3 is 2.60 bits per heavy atom. The van der Waals surface area contributed by atoms with E-state index in [-0.39, 0.29) is 17.5 Å². The van der Waals surface area contributed by atoms with Crippen LogP contribution in [0.15, 0.2) is 24.9 Å². The molecule has 1 aromatic carbocycles. The van der Waals surface area contributed by atoms with Crippen LogP contribution in [0, 0.1) is 6.92 Å². The van der Waals surface area contributed by atoms with Crippen LogP contribution < -0.4 is 4.90 Å². The van der Waals surface area contributed by atoms with Gasteiger partial charge >= 0.3 is 0 Å². The molecule has 3 aliphatic heterocycles. The summed E-state index contributed by atoms with van der Waals surface area (Å²) >= 11 is 13.8. The number of H-pyrrole nitrogens is 1. The second-order valence-corrected chi connectivity index (χ2v) is 13.0. The maximum Gasteiger partial charge on any atom is 0.245 e. The van der Waals surface area contributed by atoms with E-state index in [1.807, 2.05) is 17.2 Å². The first-order valence-corrected chi connectivity index (χ1v) is 15.9. The van der Waals surface area contributed by atoms with Crippen molar-refractivity contribution in [2.24, 2.45) is 0 Å². The number of methoxy groups -OCH3 is 1. The topological polar surface area (TPSA) is 91.8 Å². The highest BCUT2D eigenvalue weighted by Crippen LogP contribution is 2.47. The fourth-order valence-electron chi connectivity index (χ4n) is 7.34. The number of rotatable bonds is 7. The highest BCUT2D eigenvalue weighted by molar-refractivity contribution is 6.45. The van der Waals surface area contributed by atoms with E-state index in [9.17, 15) is 4.79 Å². The molecule has 1 N–H and O–H groups in total. The first-order chi connectivity index (χ1) is 20.8. The van der Waals surface area contributed by atoms with Crippen molar-refractivity contribution >= 4 is 45.8 Å². The van der Waals surface area contributed by atoms with Crippen LogP contribution in [0.2, 0.25) is 10.0 Å². The zero-order valence-corrected chi connectivity index (χ0v) is 26.8. The summed E-state index contributed by atoms with van der Waals surface area (Å²) in [6.45, 7) is 14.1. The number of carbonyl (C=O) groups is 1. The lowest BCUT2D eigenvalue weighted by Crippen LogP contribution is -2.65. The predicted molar refractivity (Wildman–Crippen MR) is 170 cm³/mol. The van der Waals surface area contributed by atoms with Gasteiger partial charge in [0.2, 0.25) is 5.91 Å². The van der Waals surface area contributed by atoms with Gasteiger partial charge in [0.15, 0.2) is 5.82 Å². The fourth-order valence-corrected chi connectivity index (χ4v) is 7.79. The van der Waals surface area contributed by atoms with Gasteiger partial charge in [0, 0.05) is 81.3 Å². The number of halogens is 2. The average Bonchev–Trinajstić information content (AvgIpc) is 3.62. The molecule has 0 bridgehead atoms. The second kappa shape index (κ2) is 12.4. The van der Waals surface area contributed by atoms with Crippen molar-refractivity contribution in [3.8, 4) is 11.1 Å². The molecule has 0 aliphatic carbocycles. The number of amides is 1. The highest BCUT2D eigenvalue weighted by atomic mass is 35.5. The van der Waals surface area contributed by atoms with Crippen LogP contribution >= 0.6 is 23.2 Å². The minimum absolute atomic E-state index is 0.0252. The van der Waals surface area contributed by atoms with Crippen molar-refractivity contribution in [3.63, 3.8) is 0 Å². The Labute approximate surface area is 262 Å². The number of likely N-dealkylation sites (tertiary alicyclic amines) is 1. The standard InChI is InChI=1S/C31H41Cl2N7O3/c1-5-26(41)37-10-6-22(7-11-37)40-20(2)27(28-23-17-34-35-25(23)16-24(32)29(28)33)30(36-40)39-13-12-38(18-31(39,3)19-42-4)21-8-14-43-15-9-21/h5,16-17,21-22H,1,6-15,18-19H2,2-4H3,(H,34,35)/t31-/m1/s1. The molecule has 3 saturated heterocycles. The van der Waals surface area contributed by atoms with Crippen LogP contribution in [0.3, 0.4) is 0 Å². The van der Waals surface area contributed by atoms with Crippen LogP contribution in [0.1, 0.15) is 44.3 Å². The summed E-state index contributed by atoms with van der Waals surface area (Å²) in [5.41, 5.74) is 3.30. The van der Waals surface area contributed by atoms with Crippen molar-refractivity contribution in [1.82, 2.24) is 29.8 Å². The normalized spacial score (nSPS) is 22.9. The number of ether oxygens (including phenoxy) is 2. The van der Waals surface area contributed by atoms with Gasteiger partial charge in [0.1, 0.15) is 0 Å². The molecule has 3 fully saturated rings. The third-order valence-electron chi connectivity index (χ3n) is 9.54. The number of anilines is 1. The number of piperazine rings is 1. The number of carbonyl (C=O) groups excluding carboxylic acids is 1. The van der Waals surface area contributed by atoms with E-state index in [1.54, 1.807) is 7.11 Å². The highest BCUT2D eigenvalue weighted by Gasteiger charge is 2.43. The van der Waals surface area contributed by atoms with Crippen LogP contribution in [0.5, 0.6) is 0 Å². The smallest absolute Gasteiger partial charge is 0.245 e. The third-order valence-corrected chi connectivity index (χ3v) is 10.3. The molecule has 0 spiro atoms. The molecule has 6 rings (SSSR count). The molecular formula is C31H41Cl2N7O3. The fraction of sp³-hybridized carbons (Fsp3) is 0.581. The van der Waals surface area contributed by atoms with Gasteiger partial charge in [0.25, 0.3) is 0 Å². The Balaban J connectivity index is 1.45. The van der Waals surface area contributed by atoms with E-state index in [0.29, 0.717) is 35.8 Å². The lowest BCUT2D eigenvalue weighted by Gasteiger charge is -2.51. The molecule has 1 atom stereocenters. The van der Waals surface area contributed by atoms with E-state index in [0.717, 1.165) is 92.1 Å². The quantitative estimate of drug-likeness (QED) is 0.364. The van der Waals surface area contributed by atoms with E-state index >= 15 is 0 Å². The lowest BCUT2D eigenvalue weighted by atomic mass is 9.92. The summed E-state index contributed by atoms with van der Waals surface area (Å²) in [5.74, 6) is 0.850. The van der Waals surface area contributed by atoms with Gasteiger partial charge < -0.3 is 19.3 Å². The first-order valence-electron chi connectivity index (χ1n) is 15.2. The number of nitrogens with one attached hydrogen (secondary N) is 1. The minimum Gasteiger partial charge on any atom is -0.382 e. The monoisotopic (exact) mass is 629 g/mol. The van der Waals surface area contributed by atoms with Crippen molar-refractivity contribution < 1.29 is 14.3 Å². The van der Waals surface area contributed by atoms with Gasteiger partial charge in [-0.1, -0.05) is 29.8 Å². The van der Waals surface area contributed by atoms with Crippen LogP contribution in [-0.4, -0.2) is 107 Å². The molecule has 10 nitrogen and oxygen atoms in total. The van der Waals surface area contributed by atoms with Crippen LogP contribution in [0.25, 0.3) is 22.0 Å². The van der Waals surface area contributed by atoms with Crippen molar-refractivity contribution in [2.45, 2.75) is 57.2 Å². The Bertz CT molecular complexity index is 1490. The number of hydrogen-bond acceptors (Lipinski definition) is 7. The van der Waals surface area contributed by atoms with Gasteiger partial charge in [0.05, 0.1) is 39.9 Å². The van der Waals surface area contributed by atoms with E-state index < -0.39 is 0 Å². The van der Waals surface area contributed by atoms with E-state index in [4.69, 9.17) is 37.8 Å². The molecule has 0 radical (unpaired) electrons. The van der Waals surface area contributed by atoms with Crippen LogP contribution in [0.4, 0.5) is 5.82 Å². The average molecular weight is 631 g/mol. The molecule has 5 heterocycles. The van der Waals surface area contributed by atoms with Gasteiger partial charge in [-0.3, -0.25) is 19.5 Å². The number of aromatic nitrogens is 4. The van der Waals surface area contributed by atoms with Gasteiger partial charge in [-0.2, -0.15) is 10.2 Å². The number of benzene rings is 1. The molecule has 2 aromatic heterocycles. The third kappa shape index (κ3) is 5.57. The van der Waals surface area contributed by atoms with Gasteiger partial charge in [-0.25, -0.2) is 0 Å². The van der Waals surface area contributed by atoms with Gasteiger partial charge in [-0.15, -0.1) is 0 Å². The summed E-state index contributed by atoms with van der Waals surface area (Å²) in [5, 5.41) is 14.6. The Kier molecular flexibility index (Phi) is 8.77. The van der Waals surface area contributed by atoms with Gasteiger partial charge in [-0.05, 0) is 51.7 Å².